The maximum atomic E-state index is 2.51. The van der Waals surface area contributed by atoms with Crippen LogP contribution in [0.3, 0.4) is 0 Å². The lowest BCUT2D eigenvalue weighted by Crippen LogP contribution is -2.17. The molecule has 0 N–H and O–H groups in total. The van der Waals surface area contributed by atoms with Gasteiger partial charge in [0.25, 0.3) is 0 Å². The maximum absolute atomic E-state index is 2.51. The Morgan fingerprint density at radius 2 is 1.05 bits per heavy atom. The minimum atomic E-state index is -0.149. The van der Waals surface area contributed by atoms with Gasteiger partial charge < -0.3 is 4.90 Å². The summed E-state index contributed by atoms with van der Waals surface area (Å²) in [6.07, 6.45) is 19.3. The third-order valence-corrected chi connectivity index (χ3v) is 16.0. The Morgan fingerprint density at radius 1 is 0.441 bits per heavy atom. The fourth-order valence-electron chi connectivity index (χ4n) is 12.8. The molecular weight excluding hydrogens is 711 g/mol. The molecule has 4 fully saturated rings. The van der Waals surface area contributed by atoms with Crippen molar-refractivity contribution in [2.45, 2.75) is 127 Å². The van der Waals surface area contributed by atoms with Gasteiger partial charge in [-0.1, -0.05) is 156 Å². The van der Waals surface area contributed by atoms with Gasteiger partial charge in [0.1, 0.15) is 0 Å². The summed E-state index contributed by atoms with van der Waals surface area (Å²) in [5.41, 5.74) is 19.1. The Kier molecular flexibility index (Phi) is 9.63. The van der Waals surface area contributed by atoms with Gasteiger partial charge in [-0.05, 0) is 172 Å². The van der Waals surface area contributed by atoms with Crippen LogP contribution in [0.2, 0.25) is 0 Å². The van der Waals surface area contributed by atoms with Gasteiger partial charge in [-0.15, -0.1) is 0 Å². The van der Waals surface area contributed by atoms with Gasteiger partial charge in [-0.3, -0.25) is 0 Å². The first-order chi connectivity index (χ1) is 29.0. The first-order valence-corrected chi connectivity index (χ1v) is 23.5. The molecule has 0 heterocycles. The Bertz CT molecular complexity index is 2440. The van der Waals surface area contributed by atoms with Crippen molar-refractivity contribution in [1.82, 2.24) is 0 Å². The molecule has 0 aliphatic heterocycles. The maximum Gasteiger partial charge on any atom is 0.0465 e. The molecule has 0 radical (unpaired) electrons. The molecule has 6 aromatic carbocycles. The first kappa shape index (κ1) is 37.1. The topological polar surface area (TPSA) is 3.24 Å². The zero-order valence-electron chi connectivity index (χ0n) is 35.4. The van der Waals surface area contributed by atoms with Crippen molar-refractivity contribution in [1.29, 1.82) is 0 Å². The van der Waals surface area contributed by atoms with E-state index in [1.165, 1.54) is 163 Å². The van der Waals surface area contributed by atoms with Crippen LogP contribution in [0.15, 0.2) is 133 Å². The molecule has 2 bridgehead atoms. The zero-order chi connectivity index (χ0) is 39.5. The van der Waals surface area contributed by atoms with E-state index >= 15 is 0 Å². The Morgan fingerprint density at radius 3 is 1.73 bits per heavy atom. The lowest BCUT2D eigenvalue weighted by Gasteiger charge is -2.29. The largest absolute Gasteiger partial charge is 0.310 e. The summed E-state index contributed by atoms with van der Waals surface area (Å²) in [5.74, 6) is 3.99. The monoisotopic (exact) mass is 771 g/mol. The highest BCUT2D eigenvalue weighted by Gasteiger charge is 2.41. The van der Waals surface area contributed by atoms with Crippen molar-refractivity contribution in [3.05, 3.63) is 161 Å². The van der Waals surface area contributed by atoms with Crippen molar-refractivity contribution in [3.63, 3.8) is 0 Å². The average molecular weight is 772 g/mol. The van der Waals surface area contributed by atoms with Crippen molar-refractivity contribution >= 4 is 17.1 Å². The van der Waals surface area contributed by atoms with E-state index in [0.29, 0.717) is 5.92 Å². The van der Waals surface area contributed by atoms with Crippen LogP contribution in [0.4, 0.5) is 17.1 Å². The van der Waals surface area contributed by atoms with Gasteiger partial charge in [0.15, 0.2) is 0 Å². The molecule has 0 saturated heterocycles. The van der Waals surface area contributed by atoms with Gasteiger partial charge in [0.05, 0.1) is 0 Å². The van der Waals surface area contributed by atoms with E-state index in [9.17, 15) is 0 Å². The molecule has 5 aliphatic rings. The second-order valence-electron chi connectivity index (χ2n) is 19.8. The van der Waals surface area contributed by atoms with Crippen LogP contribution in [-0.2, 0) is 5.41 Å². The molecule has 0 aromatic heterocycles. The molecule has 298 valence electrons. The number of nitrogens with zero attached hydrogens (tertiary/aromatic N) is 1. The van der Waals surface area contributed by atoms with Gasteiger partial charge in [0.2, 0.25) is 0 Å². The highest BCUT2D eigenvalue weighted by molar-refractivity contribution is 5.90. The smallest absolute Gasteiger partial charge is 0.0465 e. The summed E-state index contributed by atoms with van der Waals surface area (Å²) in [4.78, 5) is 2.51. The van der Waals surface area contributed by atoms with E-state index in [0.717, 1.165) is 23.7 Å². The Labute approximate surface area is 353 Å². The van der Waals surface area contributed by atoms with Crippen LogP contribution < -0.4 is 4.90 Å². The molecule has 1 nitrogen and oxygen atoms in total. The molecule has 0 amide bonds. The van der Waals surface area contributed by atoms with Gasteiger partial charge >= 0.3 is 0 Å². The summed E-state index contributed by atoms with van der Waals surface area (Å²) in [7, 11) is 0. The van der Waals surface area contributed by atoms with E-state index in [1.807, 2.05) is 0 Å². The molecule has 6 aromatic rings. The Hall–Kier alpha value is -4.88. The molecule has 11 rings (SSSR count). The third kappa shape index (κ3) is 6.78. The summed E-state index contributed by atoms with van der Waals surface area (Å²) in [6, 6.07) is 52.5. The van der Waals surface area contributed by atoms with Crippen LogP contribution >= 0.6 is 0 Å². The number of fused-ring (bicyclic) bond motifs is 5. The fourth-order valence-corrected chi connectivity index (χ4v) is 12.8. The predicted octanol–water partition coefficient (Wildman–Crippen LogP) is 16.8. The fraction of sp³-hybridized carbons (Fsp3) is 0.379. The molecule has 3 atom stereocenters. The molecule has 1 heteroatoms. The summed E-state index contributed by atoms with van der Waals surface area (Å²) in [5, 5.41) is 0. The second-order valence-corrected chi connectivity index (χ2v) is 19.8. The van der Waals surface area contributed by atoms with Crippen molar-refractivity contribution in [3.8, 4) is 33.4 Å². The van der Waals surface area contributed by atoms with E-state index in [-0.39, 0.29) is 5.41 Å². The second kappa shape index (κ2) is 15.3. The molecule has 3 unspecified atom stereocenters. The molecule has 4 saturated carbocycles. The van der Waals surface area contributed by atoms with Gasteiger partial charge in [-0.2, -0.15) is 0 Å². The molecule has 0 spiro atoms. The first-order valence-electron chi connectivity index (χ1n) is 23.5. The minimum Gasteiger partial charge on any atom is -0.310 e. The average Bonchev–Trinajstić information content (AvgIpc) is 4.00. The molecule has 59 heavy (non-hydrogen) atoms. The minimum absolute atomic E-state index is 0.149. The summed E-state index contributed by atoms with van der Waals surface area (Å²) in [6.45, 7) is 4.90. The third-order valence-electron chi connectivity index (χ3n) is 16.0. The number of hydrogen-bond donors (Lipinski definition) is 0. The van der Waals surface area contributed by atoms with E-state index in [4.69, 9.17) is 0 Å². The number of rotatable bonds is 8. The summed E-state index contributed by atoms with van der Waals surface area (Å²) >= 11 is 0. The lowest BCUT2D eigenvalue weighted by atomic mass is 9.78. The number of anilines is 3. The number of benzene rings is 6. The lowest BCUT2D eigenvalue weighted by molar-refractivity contribution is 0.420. The highest BCUT2D eigenvalue weighted by Crippen LogP contribution is 2.55. The molecular formula is C58H61N. The van der Waals surface area contributed by atoms with E-state index < -0.39 is 0 Å². The van der Waals surface area contributed by atoms with Crippen molar-refractivity contribution in [2.24, 2.45) is 11.8 Å². The van der Waals surface area contributed by atoms with Crippen LogP contribution in [-0.4, -0.2) is 0 Å². The van der Waals surface area contributed by atoms with Crippen LogP contribution in [0.5, 0.6) is 0 Å². The van der Waals surface area contributed by atoms with Gasteiger partial charge in [-0.25, -0.2) is 0 Å². The summed E-state index contributed by atoms with van der Waals surface area (Å²) < 4.78 is 0. The Balaban J connectivity index is 0.947. The standard InChI is InChI=1S/C58H61N/c1-58(2)56-38-51(33-34-53(56)54-18-10-17-52(57(54)58)44-23-21-42(22-24-44)40-11-5-3-6-12-40)59(50-31-27-45(28-32-50)55-36-39-19-20-48(55)35-39)49-29-25-43(26-30-49)47-16-9-15-46(37-47)41-13-7-4-8-14-41/h9-10,15-18,21-34,37-41,48,55H,3-8,11-14,19-20,35-36H2,1-2H3. The zero-order valence-corrected chi connectivity index (χ0v) is 35.4. The number of hydrogen-bond acceptors (Lipinski definition) is 1. The van der Waals surface area contributed by atoms with E-state index in [2.05, 4.69) is 152 Å². The highest BCUT2D eigenvalue weighted by atomic mass is 15.1. The van der Waals surface area contributed by atoms with Crippen molar-refractivity contribution < 1.29 is 0 Å². The predicted molar refractivity (Wildman–Crippen MR) is 249 cm³/mol. The SMILES string of the molecule is CC1(C)c2cc(N(c3ccc(-c4cccc(C5CCCCC5)c4)cc3)c3ccc(C4CC5CCC4C5)cc3)ccc2-c2cccc(-c3ccc(C4CCCCC4)cc3)c21. The van der Waals surface area contributed by atoms with Crippen LogP contribution in [0, 0.1) is 11.8 Å². The van der Waals surface area contributed by atoms with Gasteiger partial charge in [0, 0.05) is 22.5 Å². The quantitative estimate of drug-likeness (QED) is 0.149. The van der Waals surface area contributed by atoms with Crippen LogP contribution in [0.25, 0.3) is 33.4 Å². The van der Waals surface area contributed by atoms with E-state index in [1.54, 1.807) is 5.56 Å². The van der Waals surface area contributed by atoms with Crippen LogP contribution in [0.1, 0.15) is 149 Å². The van der Waals surface area contributed by atoms with Crippen molar-refractivity contribution in [2.75, 3.05) is 4.90 Å². The molecule has 5 aliphatic carbocycles. The normalized spacial score (nSPS) is 22.3.